The van der Waals surface area contributed by atoms with Crippen LogP contribution in [0.4, 0.5) is 17.6 Å². The zero-order valence-corrected chi connectivity index (χ0v) is 56.5. The Morgan fingerprint density at radius 1 is 0.489 bits per heavy atom. The zero-order chi connectivity index (χ0) is 63.4. The molecule has 1 heterocycles. The molecule has 0 aromatic heterocycles. The highest BCUT2D eigenvalue weighted by Gasteiger charge is 2.64. The number of aliphatic hydroxyl groups is 3. The molecule has 1 saturated heterocycles. The first-order valence-electron chi connectivity index (χ1n) is 35.2. The van der Waals surface area contributed by atoms with Crippen LogP contribution in [0.3, 0.4) is 0 Å². The second-order valence-corrected chi connectivity index (χ2v) is 38.0. The lowest BCUT2D eigenvalue weighted by molar-refractivity contribution is -0.148. The summed E-state index contributed by atoms with van der Waals surface area (Å²) in [4.78, 5) is 0.788. The van der Waals surface area contributed by atoms with Crippen LogP contribution in [-0.2, 0) is 24.4 Å². The molecule has 11 fully saturated rings. The van der Waals surface area contributed by atoms with Gasteiger partial charge in [-0.3, -0.25) is 0 Å². The Morgan fingerprint density at radius 2 is 0.911 bits per heavy atom. The van der Waals surface area contributed by atoms with Crippen molar-refractivity contribution in [2.75, 3.05) is 12.4 Å². The van der Waals surface area contributed by atoms with Crippen molar-refractivity contribution >= 4 is 19.7 Å². The maximum atomic E-state index is 14.3. The molecular weight excluding hydrogens is 1180 g/mol. The summed E-state index contributed by atoms with van der Waals surface area (Å²) in [5.41, 5.74) is -1.22. The van der Waals surface area contributed by atoms with Crippen molar-refractivity contribution in [2.45, 2.75) is 306 Å². The van der Waals surface area contributed by atoms with E-state index >= 15 is 0 Å². The lowest BCUT2D eigenvalue weighted by Crippen LogP contribution is -2.56. The number of benzene rings is 2. The number of hydrogen-bond donors (Lipinski definition) is 3. The van der Waals surface area contributed by atoms with Gasteiger partial charge in [0.1, 0.15) is 0 Å². The molecule has 0 radical (unpaired) electrons. The largest absolute Gasteiger partial charge is 0.390 e. The molecule has 8 nitrogen and oxygen atoms in total. The number of fused-ring (bicyclic) bond motifs is 10. The van der Waals surface area contributed by atoms with Crippen LogP contribution in [0, 0.1) is 92.7 Å². The fourth-order valence-electron chi connectivity index (χ4n) is 23.0. The zero-order valence-electron chi connectivity index (χ0n) is 54.9. The van der Waals surface area contributed by atoms with Crippen molar-refractivity contribution in [3.63, 3.8) is 0 Å². The summed E-state index contributed by atoms with van der Waals surface area (Å²) in [6.07, 6.45) is 22.6. The van der Waals surface area contributed by atoms with Crippen LogP contribution in [0.25, 0.3) is 0 Å². The second-order valence-electron chi connectivity index (χ2n) is 33.8. The van der Waals surface area contributed by atoms with Gasteiger partial charge in [0.2, 0.25) is 11.8 Å². The smallest absolute Gasteiger partial charge is 0.248 e. The first kappa shape index (κ1) is 72.2. The molecule has 13 rings (SSSR count). The Hall–Kier alpha value is -2.10. The van der Waals surface area contributed by atoms with Crippen LogP contribution < -0.4 is 0 Å². The van der Waals surface area contributed by atoms with Gasteiger partial charge in [-0.2, -0.15) is 0 Å². The van der Waals surface area contributed by atoms with E-state index in [1.807, 2.05) is 31.2 Å². The Morgan fingerprint density at radius 3 is 1.38 bits per heavy atom. The van der Waals surface area contributed by atoms with E-state index in [1.165, 1.54) is 64.2 Å². The predicted octanol–water partition coefficient (Wildman–Crippen LogP) is 18.7. The van der Waals surface area contributed by atoms with Gasteiger partial charge in [-0.25, -0.2) is 34.4 Å². The number of ether oxygens (including phenoxy) is 1. The third-order valence-corrected chi connectivity index (χ3v) is 32.8. The minimum Gasteiger partial charge on any atom is -0.390 e. The fraction of sp³-hybridized carbons (Fsp3) is 0.842. The standard InChI is InChI=1S/C37H56F2O4S.C30H46O3S.C7H10F2O.2CH4/c1-25(32(44(42,43)27-8-6-5-7-9-27)15-17-36(41)20-22-37(38,39)23-21-36)29-12-13-30-28-11-10-26-24-33(2,40)18-19-34(26,3)31(28)14-16-35(29,30)4;1-21(15-19-34(32,33)23-8-6-5-7-9-23)25-12-13-26-24-11-10-22-20-28(2,31)17-18-29(22,3)27(24)14-16-30(25,26)4;8-7(9)3-1-6(2-4-7)5-10-6;;/h5-9,25-26,28-32,40-41H,10-24H2,1-4H3;5-9,21-22,24-27,31H,10-20H2,1-4H3;1-5H2;2*1H4/t25-,26-,28-,29+,30-,31-,32?,33-,34-,35+;21-,22+,24+,25-,26+,27+,28+,29+,30-;;;/m01.../s1. The number of alkyl halides is 4. The summed E-state index contributed by atoms with van der Waals surface area (Å²) in [5.74, 6) is 1.98. The first-order valence-corrected chi connectivity index (χ1v) is 38.4. The molecule has 2 aromatic rings. The predicted molar refractivity (Wildman–Crippen MR) is 354 cm³/mol. The lowest BCUT2D eigenvalue weighted by atomic mass is 9.43. The average molecular weight is 1300 g/mol. The monoisotopic (exact) mass is 1300 g/mol. The molecule has 512 valence electrons. The lowest BCUT2D eigenvalue weighted by Gasteiger charge is -2.62. The van der Waals surface area contributed by atoms with Gasteiger partial charge in [0.25, 0.3) is 0 Å². The van der Waals surface area contributed by atoms with Gasteiger partial charge in [0.15, 0.2) is 19.7 Å². The van der Waals surface area contributed by atoms with Crippen LogP contribution in [0.5, 0.6) is 0 Å². The van der Waals surface area contributed by atoms with Crippen molar-refractivity contribution < 1.29 is 54.5 Å². The molecule has 10 saturated carbocycles. The topological polar surface area (TPSA) is 141 Å². The highest BCUT2D eigenvalue weighted by molar-refractivity contribution is 7.92. The Balaban J connectivity index is 0.000000184. The number of epoxide rings is 1. The Labute approximate surface area is 542 Å². The molecule has 1 spiro atoms. The molecule has 0 bridgehead atoms. The first-order chi connectivity index (χ1) is 41.1. The molecule has 19 atom stereocenters. The second kappa shape index (κ2) is 26.0. The molecule has 1 unspecified atom stereocenters. The van der Waals surface area contributed by atoms with E-state index in [2.05, 4.69) is 48.5 Å². The van der Waals surface area contributed by atoms with Crippen LogP contribution in [0.1, 0.15) is 256 Å². The molecule has 14 heteroatoms. The normalized spacial score (nSPS) is 41.8. The highest BCUT2D eigenvalue weighted by Crippen LogP contribution is 2.71. The molecule has 0 amide bonds. The van der Waals surface area contributed by atoms with Gasteiger partial charge in [0.05, 0.1) is 49.8 Å². The quantitative estimate of drug-likeness (QED) is 0.141. The van der Waals surface area contributed by atoms with Gasteiger partial charge in [-0.15, -0.1) is 0 Å². The van der Waals surface area contributed by atoms with E-state index in [1.54, 1.807) is 36.4 Å². The van der Waals surface area contributed by atoms with Crippen LogP contribution >= 0.6 is 0 Å². The summed E-state index contributed by atoms with van der Waals surface area (Å²) in [6.45, 7) is 19.3. The minimum absolute atomic E-state index is 0. The van der Waals surface area contributed by atoms with Gasteiger partial charge in [0, 0.05) is 25.7 Å². The van der Waals surface area contributed by atoms with E-state index in [0.29, 0.717) is 87.9 Å². The molecule has 10 aliphatic carbocycles. The maximum absolute atomic E-state index is 14.3. The maximum Gasteiger partial charge on any atom is 0.248 e. The van der Waals surface area contributed by atoms with Crippen molar-refractivity contribution in [2.24, 2.45) is 92.7 Å². The van der Waals surface area contributed by atoms with Crippen LogP contribution in [-0.4, -0.2) is 84.0 Å². The van der Waals surface area contributed by atoms with E-state index in [4.69, 9.17) is 4.74 Å². The van der Waals surface area contributed by atoms with Crippen LogP contribution in [0.2, 0.25) is 0 Å². The SMILES string of the molecule is C.C.C[C@H](C(CCC1(O)CCC(F)(F)CC1)S(=O)(=O)c1ccccc1)[C@H]1CC[C@H]2[C@@H]3CC[C@H]4C[C@@](C)(O)CC[C@]4(C)[C@H]3CC[C@]12C.C[C@H](CCS(=O)(=O)c1ccccc1)[C@H]1CC[C@H]2[C@@H]3CC[C@H]4C[C@@](C)(O)CC[C@]4(C)[C@H]3CC[C@]12C.FC1(F)CCC2(CC1)CO2. The number of sulfone groups is 2. The van der Waals surface area contributed by atoms with Crippen molar-refractivity contribution in [1.29, 1.82) is 0 Å². The number of halogens is 4. The molecule has 1 aliphatic heterocycles. The molecular formula is C76H120F4O8S2. The van der Waals surface area contributed by atoms with E-state index in [9.17, 15) is 49.7 Å². The average Bonchev–Trinajstić information content (AvgIpc) is 1.27. The number of hydrogen-bond acceptors (Lipinski definition) is 8. The highest BCUT2D eigenvalue weighted by atomic mass is 32.2. The van der Waals surface area contributed by atoms with Crippen molar-refractivity contribution in [3.8, 4) is 0 Å². The third kappa shape index (κ3) is 14.2. The Kier molecular flexibility index (Phi) is 20.9. The van der Waals surface area contributed by atoms with Crippen molar-refractivity contribution in [3.05, 3.63) is 60.7 Å². The van der Waals surface area contributed by atoms with Gasteiger partial charge < -0.3 is 20.1 Å². The molecule has 3 N–H and O–H groups in total. The summed E-state index contributed by atoms with van der Waals surface area (Å²) in [7, 11) is -6.90. The fourth-order valence-corrected chi connectivity index (χ4v) is 26.5. The van der Waals surface area contributed by atoms with Gasteiger partial charge >= 0.3 is 0 Å². The Bertz CT molecular complexity index is 2940. The van der Waals surface area contributed by atoms with Crippen molar-refractivity contribution in [1.82, 2.24) is 0 Å². The molecule has 2 aromatic carbocycles. The summed E-state index contributed by atoms with van der Waals surface area (Å²) in [6, 6.07) is 17.7. The van der Waals surface area contributed by atoms with E-state index in [-0.39, 0.29) is 93.8 Å². The van der Waals surface area contributed by atoms with Crippen LogP contribution in [0.15, 0.2) is 70.5 Å². The van der Waals surface area contributed by atoms with Gasteiger partial charge in [-0.05, 0) is 291 Å². The minimum atomic E-state index is -3.70. The van der Waals surface area contributed by atoms with Gasteiger partial charge in [-0.1, -0.05) is 92.8 Å². The summed E-state index contributed by atoms with van der Waals surface area (Å²) >= 11 is 0. The summed E-state index contributed by atoms with van der Waals surface area (Å²) < 4.78 is 112. The number of rotatable bonds is 12. The third-order valence-electron chi connectivity index (χ3n) is 28.6. The molecule has 90 heavy (non-hydrogen) atoms. The van der Waals surface area contributed by atoms with E-state index in [0.717, 1.165) is 75.5 Å². The summed E-state index contributed by atoms with van der Waals surface area (Å²) in [5, 5.41) is 32.3. The van der Waals surface area contributed by atoms with E-state index < -0.39 is 53.6 Å². The molecule has 11 aliphatic rings.